The van der Waals surface area contributed by atoms with Crippen LogP contribution in [0.4, 0.5) is 0 Å². The van der Waals surface area contributed by atoms with E-state index in [1.165, 1.54) is 0 Å². The van der Waals surface area contributed by atoms with E-state index in [9.17, 15) is 10.1 Å². The lowest BCUT2D eigenvalue weighted by atomic mass is 10.2. The average Bonchev–Trinajstić information content (AvgIpc) is 1.76. The Morgan fingerprint density at radius 1 is 1.80 bits per heavy atom. The summed E-state index contributed by atoms with van der Waals surface area (Å²) in [4.78, 5) is 12.5. The minimum atomic E-state index is -0.497. The molecule has 0 aromatic carbocycles. The zero-order valence-corrected chi connectivity index (χ0v) is 5.04. The summed E-state index contributed by atoms with van der Waals surface area (Å²) in [7, 11) is 0. The summed E-state index contributed by atoms with van der Waals surface area (Å²) in [6.45, 7) is 0.466. The number of hydrogen-bond donors (Lipinski definition) is 0. The molecule has 0 radical (unpaired) electrons. The van der Waals surface area contributed by atoms with Crippen molar-refractivity contribution in [3.05, 3.63) is 20.6 Å². The van der Waals surface area contributed by atoms with E-state index < -0.39 is 5.03 Å². The fourth-order valence-electron chi connectivity index (χ4n) is 0.712. The molecule has 0 spiro atoms. The molecule has 1 aliphatic rings. The first-order valence-corrected chi connectivity index (χ1v) is 2.67. The van der Waals surface area contributed by atoms with Gasteiger partial charge in [0.1, 0.15) is 0 Å². The monoisotopic (exact) mass is 143 g/mol. The molecule has 1 heterocycles. The molecule has 7 nitrogen and oxygen atoms in total. The van der Waals surface area contributed by atoms with E-state index in [2.05, 4.69) is 10.0 Å². The number of azide groups is 1. The Kier molecular flexibility index (Phi) is 1.59. The zero-order chi connectivity index (χ0) is 7.56. The highest BCUT2D eigenvalue weighted by atomic mass is 16.7. The topological polar surface area (TPSA) is 95.1 Å². The molecule has 0 aromatic rings. The van der Waals surface area contributed by atoms with Gasteiger partial charge < -0.3 is 0 Å². The van der Waals surface area contributed by atoms with Gasteiger partial charge in [0.05, 0.1) is 19.1 Å². The first-order chi connectivity index (χ1) is 4.74. The molecule has 10 heavy (non-hydrogen) atoms. The van der Waals surface area contributed by atoms with E-state index in [4.69, 9.17) is 5.53 Å². The molecule has 1 saturated heterocycles. The lowest BCUT2D eigenvalue weighted by Gasteiger charge is -2.27. The van der Waals surface area contributed by atoms with E-state index in [1.54, 1.807) is 0 Å². The van der Waals surface area contributed by atoms with E-state index in [1.807, 2.05) is 0 Å². The van der Waals surface area contributed by atoms with Gasteiger partial charge in [0.15, 0.2) is 5.03 Å². The third-order valence-corrected chi connectivity index (χ3v) is 1.29. The molecule has 0 unspecified atom stereocenters. The van der Waals surface area contributed by atoms with Gasteiger partial charge in [0.25, 0.3) is 0 Å². The van der Waals surface area contributed by atoms with Gasteiger partial charge >= 0.3 is 0 Å². The summed E-state index contributed by atoms with van der Waals surface area (Å²) in [6.07, 6.45) is 0. The largest absolute Gasteiger partial charge is 0.235 e. The van der Waals surface area contributed by atoms with Crippen LogP contribution in [0.3, 0.4) is 0 Å². The fraction of sp³-hybridized carbons (Fsp3) is 1.00. The Morgan fingerprint density at radius 3 is 2.80 bits per heavy atom. The van der Waals surface area contributed by atoms with Gasteiger partial charge in [-0.1, -0.05) is 5.11 Å². The minimum absolute atomic E-state index is 0.213. The number of rotatable bonds is 2. The molecule has 1 rings (SSSR count). The van der Waals surface area contributed by atoms with Crippen molar-refractivity contribution in [2.24, 2.45) is 5.11 Å². The van der Waals surface area contributed by atoms with Crippen LogP contribution in [0.5, 0.6) is 0 Å². The summed E-state index contributed by atoms with van der Waals surface area (Å²) in [5.74, 6) is 0. The second-order valence-electron chi connectivity index (χ2n) is 1.97. The molecular formula is C3H5N5O2. The van der Waals surface area contributed by atoms with Crippen molar-refractivity contribution in [3.8, 4) is 0 Å². The first kappa shape index (κ1) is 6.63. The third-order valence-electron chi connectivity index (χ3n) is 1.29. The highest BCUT2D eigenvalue weighted by Gasteiger charge is 2.32. The predicted octanol–water partition coefficient (Wildman–Crippen LogP) is 0.173. The van der Waals surface area contributed by atoms with Crippen molar-refractivity contribution in [1.82, 2.24) is 5.01 Å². The summed E-state index contributed by atoms with van der Waals surface area (Å²) in [6, 6.07) is -0.213. The Hall–Kier alpha value is -1.49. The Balaban J connectivity index is 2.30. The van der Waals surface area contributed by atoms with Gasteiger partial charge in [-0.05, 0) is 5.53 Å². The van der Waals surface area contributed by atoms with Crippen LogP contribution in [-0.4, -0.2) is 29.2 Å². The van der Waals surface area contributed by atoms with Crippen LogP contribution in [-0.2, 0) is 0 Å². The molecule has 0 aromatic heterocycles. The quantitative estimate of drug-likeness (QED) is 0.181. The van der Waals surface area contributed by atoms with Gasteiger partial charge in [-0.25, -0.2) is 10.1 Å². The molecule has 54 valence electrons. The second kappa shape index (κ2) is 2.40. The summed E-state index contributed by atoms with van der Waals surface area (Å²) in [5, 5.41) is 13.7. The molecular weight excluding hydrogens is 138 g/mol. The second-order valence-corrected chi connectivity index (χ2v) is 1.97. The highest BCUT2D eigenvalue weighted by molar-refractivity contribution is 4.80. The third kappa shape index (κ3) is 1.08. The zero-order valence-electron chi connectivity index (χ0n) is 5.04. The van der Waals surface area contributed by atoms with Crippen LogP contribution in [0.25, 0.3) is 10.4 Å². The van der Waals surface area contributed by atoms with Gasteiger partial charge in [-0.3, -0.25) is 0 Å². The highest BCUT2D eigenvalue weighted by Crippen LogP contribution is 2.10. The van der Waals surface area contributed by atoms with Crippen LogP contribution in [0, 0.1) is 10.1 Å². The maximum absolute atomic E-state index is 9.93. The fourth-order valence-corrected chi connectivity index (χ4v) is 0.712. The van der Waals surface area contributed by atoms with Gasteiger partial charge in [0, 0.05) is 4.91 Å². The summed E-state index contributed by atoms with van der Waals surface area (Å²) >= 11 is 0. The molecule has 0 saturated carbocycles. The number of nitrogens with zero attached hydrogens (tertiary/aromatic N) is 5. The van der Waals surface area contributed by atoms with Crippen molar-refractivity contribution >= 4 is 0 Å². The van der Waals surface area contributed by atoms with Gasteiger partial charge in [0.2, 0.25) is 0 Å². The minimum Gasteiger partial charge on any atom is -0.235 e. The van der Waals surface area contributed by atoms with Crippen LogP contribution in [0.1, 0.15) is 0 Å². The van der Waals surface area contributed by atoms with Crippen LogP contribution < -0.4 is 0 Å². The van der Waals surface area contributed by atoms with Crippen LogP contribution >= 0.6 is 0 Å². The van der Waals surface area contributed by atoms with Crippen molar-refractivity contribution in [3.63, 3.8) is 0 Å². The van der Waals surface area contributed by atoms with Crippen molar-refractivity contribution in [2.45, 2.75) is 6.04 Å². The molecule has 0 N–H and O–H groups in total. The number of nitro groups is 1. The first-order valence-electron chi connectivity index (χ1n) is 2.67. The van der Waals surface area contributed by atoms with E-state index in [0.717, 1.165) is 5.01 Å². The van der Waals surface area contributed by atoms with E-state index >= 15 is 0 Å². The lowest BCUT2D eigenvalue weighted by Crippen LogP contribution is -2.52. The normalized spacial score (nSPS) is 17.4. The average molecular weight is 143 g/mol. The molecule has 1 aliphatic heterocycles. The van der Waals surface area contributed by atoms with Crippen LogP contribution in [0.15, 0.2) is 5.11 Å². The molecule has 0 bridgehead atoms. The van der Waals surface area contributed by atoms with Crippen LogP contribution in [0.2, 0.25) is 0 Å². The number of hydrogen-bond acceptors (Lipinski definition) is 3. The van der Waals surface area contributed by atoms with E-state index in [0.29, 0.717) is 0 Å². The summed E-state index contributed by atoms with van der Waals surface area (Å²) < 4.78 is 0. The lowest BCUT2D eigenvalue weighted by molar-refractivity contribution is -0.670. The number of hydrazine groups is 1. The standard InChI is InChI=1S/C3H5N5O2/c4-6-5-3-1-7(2-3)8(9)10/h3H,1-2H2. The maximum atomic E-state index is 9.93. The SMILES string of the molecule is [N-]=[N+]=NC1CN([N+](=O)[O-])C1. The van der Waals surface area contributed by atoms with Gasteiger partial charge in [-0.2, -0.15) is 0 Å². The smallest absolute Gasteiger partial charge is 0.160 e. The Labute approximate surface area is 56.0 Å². The maximum Gasteiger partial charge on any atom is 0.160 e. The predicted molar refractivity (Wildman–Crippen MR) is 31.5 cm³/mol. The molecule has 0 aliphatic carbocycles. The van der Waals surface area contributed by atoms with Crippen molar-refractivity contribution in [2.75, 3.05) is 13.1 Å². The molecule has 0 atom stereocenters. The Morgan fingerprint density at radius 2 is 2.40 bits per heavy atom. The molecule has 7 heteroatoms. The van der Waals surface area contributed by atoms with Crippen molar-refractivity contribution in [1.29, 1.82) is 0 Å². The summed E-state index contributed by atoms with van der Waals surface area (Å²) in [5.41, 5.74) is 7.90. The van der Waals surface area contributed by atoms with Gasteiger partial charge in [-0.15, -0.1) is 5.01 Å². The Bertz CT molecular complexity index is 185. The molecule has 1 fully saturated rings. The van der Waals surface area contributed by atoms with Crippen molar-refractivity contribution < 1.29 is 5.03 Å². The van der Waals surface area contributed by atoms with E-state index in [-0.39, 0.29) is 19.1 Å². The molecule has 0 amide bonds.